The molecule has 2 N–H and O–H groups in total. The van der Waals surface area contributed by atoms with Gasteiger partial charge in [0.2, 0.25) is 0 Å². The Morgan fingerprint density at radius 1 is 1.48 bits per heavy atom. The third-order valence-electron chi connectivity index (χ3n) is 3.79. The van der Waals surface area contributed by atoms with Gasteiger partial charge in [-0.05, 0) is 56.2 Å². The molecule has 1 saturated carbocycles. The van der Waals surface area contributed by atoms with E-state index < -0.39 is 0 Å². The van der Waals surface area contributed by atoms with Crippen molar-refractivity contribution in [1.29, 1.82) is 0 Å². The van der Waals surface area contributed by atoms with Gasteiger partial charge in [-0.1, -0.05) is 24.6 Å². The Labute approximate surface area is 131 Å². The monoisotopic (exact) mass is 307 g/mol. The topological polar surface area (TPSA) is 53.5 Å². The molecule has 4 nitrogen and oxygen atoms in total. The van der Waals surface area contributed by atoms with Crippen LogP contribution in [0.5, 0.6) is 0 Å². The van der Waals surface area contributed by atoms with Crippen molar-refractivity contribution in [3.8, 4) is 0 Å². The van der Waals surface area contributed by atoms with E-state index in [2.05, 4.69) is 22.8 Å². The quantitative estimate of drug-likeness (QED) is 0.833. The summed E-state index contributed by atoms with van der Waals surface area (Å²) in [7, 11) is 0. The molecular weight excluding hydrogens is 286 g/mol. The molecule has 0 aliphatic heterocycles. The van der Waals surface area contributed by atoms with Gasteiger partial charge in [0.05, 0.1) is 6.54 Å². The average Bonchev–Trinajstić information content (AvgIpc) is 2.47. The molecule has 1 aliphatic rings. The van der Waals surface area contributed by atoms with Crippen molar-refractivity contribution in [1.82, 2.24) is 5.43 Å². The molecule has 2 rings (SSSR count). The van der Waals surface area contributed by atoms with Crippen LogP contribution in [0.15, 0.2) is 23.3 Å². The summed E-state index contributed by atoms with van der Waals surface area (Å²) in [4.78, 5) is 11.8. The molecule has 1 atom stereocenters. The first-order valence-corrected chi connectivity index (χ1v) is 7.77. The molecule has 0 radical (unpaired) electrons. The predicted octanol–water partition coefficient (Wildman–Crippen LogP) is 3.74. The minimum absolute atomic E-state index is 0.139. The molecule has 114 valence electrons. The first-order valence-electron chi connectivity index (χ1n) is 7.39. The van der Waals surface area contributed by atoms with E-state index in [0.717, 1.165) is 36.2 Å². The number of benzene rings is 1. The second-order valence-electron chi connectivity index (χ2n) is 5.68. The van der Waals surface area contributed by atoms with Crippen molar-refractivity contribution in [3.05, 3.63) is 28.8 Å². The van der Waals surface area contributed by atoms with Gasteiger partial charge in [-0.25, -0.2) is 5.43 Å². The van der Waals surface area contributed by atoms with Crippen LogP contribution >= 0.6 is 11.6 Å². The van der Waals surface area contributed by atoms with Crippen LogP contribution in [0.3, 0.4) is 0 Å². The van der Waals surface area contributed by atoms with Gasteiger partial charge in [-0.15, -0.1) is 0 Å². The van der Waals surface area contributed by atoms with Gasteiger partial charge in [-0.2, -0.15) is 5.10 Å². The van der Waals surface area contributed by atoms with Crippen LogP contribution < -0.4 is 10.7 Å². The maximum atomic E-state index is 11.8. The van der Waals surface area contributed by atoms with E-state index in [9.17, 15) is 4.79 Å². The number of nitrogens with zero attached hydrogens (tertiary/aromatic N) is 1. The molecule has 1 fully saturated rings. The van der Waals surface area contributed by atoms with Gasteiger partial charge >= 0.3 is 0 Å². The van der Waals surface area contributed by atoms with Crippen molar-refractivity contribution in [2.45, 2.75) is 39.5 Å². The van der Waals surface area contributed by atoms with E-state index in [0.29, 0.717) is 10.9 Å². The summed E-state index contributed by atoms with van der Waals surface area (Å²) < 4.78 is 0. The van der Waals surface area contributed by atoms with Crippen LogP contribution in [0.2, 0.25) is 5.02 Å². The molecule has 0 aromatic heterocycles. The van der Waals surface area contributed by atoms with Gasteiger partial charge in [0, 0.05) is 16.4 Å². The summed E-state index contributed by atoms with van der Waals surface area (Å²) in [5.74, 6) is 0.529. The smallest absolute Gasteiger partial charge is 0.259 e. The highest BCUT2D eigenvalue weighted by atomic mass is 35.5. The van der Waals surface area contributed by atoms with Crippen LogP contribution in [0.25, 0.3) is 0 Å². The van der Waals surface area contributed by atoms with E-state index in [1.54, 1.807) is 0 Å². The molecule has 0 bridgehead atoms. The van der Waals surface area contributed by atoms with Crippen LogP contribution in [-0.4, -0.2) is 18.2 Å². The molecule has 1 aromatic carbocycles. The van der Waals surface area contributed by atoms with Crippen molar-refractivity contribution >= 4 is 28.9 Å². The van der Waals surface area contributed by atoms with Crippen LogP contribution in [0.1, 0.15) is 38.2 Å². The fraction of sp³-hybridized carbons (Fsp3) is 0.500. The Hall–Kier alpha value is -1.55. The lowest BCUT2D eigenvalue weighted by molar-refractivity contribution is -0.119. The first-order chi connectivity index (χ1) is 10.1. The zero-order chi connectivity index (χ0) is 15.2. The molecular formula is C16H22ClN3O. The summed E-state index contributed by atoms with van der Waals surface area (Å²) >= 11 is 6.04. The second kappa shape index (κ2) is 7.46. The van der Waals surface area contributed by atoms with Crippen molar-refractivity contribution in [2.75, 3.05) is 11.9 Å². The standard InChI is InChI=1S/C16H22ClN3O/c1-11-5-3-6-13(9-11)19-20-16(21)10-18-15-8-4-7-14(17)12(15)2/h4,7-8,11,18H,3,5-6,9-10H2,1-2H3,(H,20,21)/b19-13+/t11-/m1/s1. The Balaban J connectivity index is 1.82. The highest BCUT2D eigenvalue weighted by Crippen LogP contribution is 2.22. The molecule has 5 heteroatoms. The number of hydrogen-bond acceptors (Lipinski definition) is 3. The van der Waals surface area contributed by atoms with Crippen LogP contribution in [0, 0.1) is 12.8 Å². The summed E-state index contributed by atoms with van der Waals surface area (Å²) in [6.07, 6.45) is 4.39. The SMILES string of the molecule is Cc1c(Cl)cccc1NCC(=O)N/N=C1\CCC[C@@H](C)C1. The fourth-order valence-electron chi connectivity index (χ4n) is 2.52. The number of carbonyl (C=O) groups excluding carboxylic acids is 1. The van der Waals surface area contributed by atoms with Crippen molar-refractivity contribution < 1.29 is 4.79 Å². The molecule has 21 heavy (non-hydrogen) atoms. The minimum atomic E-state index is -0.139. The predicted molar refractivity (Wildman–Crippen MR) is 87.9 cm³/mol. The average molecular weight is 308 g/mol. The van der Waals surface area contributed by atoms with Crippen LogP contribution in [-0.2, 0) is 4.79 Å². The zero-order valence-electron chi connectivity index (χ0n) is 12.6. The summed E-state index contributed by atoms with van der Waals surface area (Å²) in [6, 6.07) is 5.60. The second-order valence-corrected chi connectivity index (χ2v) is 6.09. The third-order valence-corrected chi connectivity index (χ3v) is 4.20. The number of rotatable bonds is 4. The Kier molecular flexibility index (Phi) is 5.62. The lowest BCUT2D eigenvalue weighted by atomic mass is 9.89. The lowest BCUT2D eigenvalue weighted by Crippen LogP contribution is -2.28. The Morgan fingerprint density at radius 2 is 2.29 bits per heavy atom. The number of anilines is 1. The zero-order valence-corrected chi connectivity index (χ0v) is 13.3. The summed E-state index contributed by atoms with van der Waals surface area (Å²) in [5, 5.41) is 8.01. The van der Waals surface area contributed by atoms with Crippen molar-refractivity contribution in [3.63, 3.8) is 0 Å². The highest BCUT2D eigenvalue weighted by Gasteiger charge is 2.14. The van der Waals surface area contributed by atoms with Gasteiger partial charge in [0.25, 0.3) is 5.91 Å². The molecule has 0 spiro atoms. The fourth-order valence-corrected chi connectivity index (χ4v) is 2.69. The molecule has 0 heterocycles. The maximum Gasteiger partial charge on any atom is 0.259 e. The molecule has 0 saturated heterocycles. The van der Waals surface area contributed by atoms with Crippen LogP contribution in [0.4, 0.5) is 5.69 Å². The lowest BCUT2D eigenvalue weighted by Gasteiger charge is -2.19. The van der Waals surface area contributed by atoms with Gasteiger partial charge < -0.3 is 5.32 Å². The maximum absolute atomic E-state index is 11.8. The van der Waals surface area contributed by atoms with Gasteiger partial charge in [0.1, 0.15) is 0 Å². The molecule has 0 unspecified atom stereocenters. The van der Waals surface area contributed by atoms with E-state index in [4.69, 9.17) is 11.6 Å². The number of nitrogens with one attached hydrogen (secondary N) is 2. The van der Waals surface area contributed by atoms with Crippen molar-refractivity contribution in [2.24, 2.45) is 11.0 Å². The normalized spacial score (nSPS) is 20.3. The van der Waals surface area contributed by atoms with Gasteiger partial charge in [-0.3, -0.25) is 4.79 Å². The highest BCUT2D eigenvalue weighted by molar-refractivity contribution is 6.31. The number of halogens is 1. The number of carbonyl (C=O) groups is 1. The van der Waals surface area contributed by atoms with E-state index in [1.165, 1.54) is 6.42 Å². The Bertz CT molecular complexity index is 542. The number of hydrogen-bond donors (Lipinski definition) is 2. The summed E-state index contributed by atoms with van der Waals surface area (Å²) in [6.45, 7) is 4.33. The number of hydrazone groups is 1. The minimum Gasteiger partial charge on any atom is -0.376 e. The third kappa shape index (κ3) is 4.74. The molecule has 1 aromatic rings. The first kappa shape index (κ1) is 15.8. The van der Waals surface area contributed by atoms with E-state index in [1.807, 2.05) is 25.1 Å². The Morgan fingerprint density at radius 3 is 3.05 bits per heavy atom. The largest absolute Gasteiger partial charge is 0.376 e. The number of amides is 1. The van der Waals surface area contributed by atoms with Gasteiger partial charge in [0.15, 0.2) is 0 Å². The van der Waals surface area contributed by atoms with E-state index >= 15 is 0 Å². The molecule has 1 aliphatic carbocycles. The van der Waals surface area contributed by atoms with E-state index in [-0.39, 0.29) is 12.5 Å². The molecule has 1 amide bonds. The summed E-state index contributed by atoms with van der Waals surface area (Å²) in [5.41, 5.74) is 5.54.